The van der Waals surface area contributed by atoms with Crippen LogP contribution in [0.15, 0.2) is 0 Å². The first-order valence-corrected chi connectivity index (χ1v) is 2.24. The molecule has 0 unspecified atom stereocenters. The monoisotopic (exact) mass is 179 g/mol. The zero-order valence-electron chi connectivity index (χ0n) is 5.66. The number of rotatable bonds is 0. The van der Waals surface area contributed by atoms with Crippen LogP contribution in [0.4, 0.5) is 4.79 Å². The summed E-state index contributed by atoms with van der Waals surface area (Å²) in [6.07, 6.45) is -0.591. The van der Waals surface area contributed by atoms with Gasteiger partial charge in [0.15, 0.2) is 0 Å². The van der Waals surface area contributed by atoms with Gasteiger partial charge >= 0.3 is 57.5 Å². The van der Waals surface area contributed by atoms with E-state index < -0.39 is 6.09 Å². The van der Waals surface area contributed by atoms with E-state index in [-0.39, 0.29) is 52.8 Å². The third-order valence-corrected chi connectivity index (χ3v) is 0.665. The minimum atomic E-state index is -0.591. The third-order valence-electron chi connectivity index (χ3n) is 0.338. The van der Waals surface area contributed by atoms with E-state index in [1.54, 1.807) is 0 Å². The van der Waals surface area contributed by atoms with Gasteiger partial charge in [-0.1, -0.05) is 0 Å². The summed E-state index contributed by atoms with van der Waals surface area (Å²) in [6.45, 7) is 0. The topological polar surface area (TPSA) is 29.5 Å². The fourth-order valence-corrected chi connectivity index (χ4v) is 0.245. The molecule has 0 aromatic rings. The summed E-state index contributed by atoms with van der Waals surface area (Å²) in [7, 11) is 1.25. The van der Waals surface area contributed by atoms with E-state index in [0.717, 1.165) is 3.71 Å². The van der Waals surface area contributed by atoms with Gasteiger partial charge in [0.05, 0.1) is 7.11 Å². The predicted octanol–water partition coefficient (Wildman–Crippen LogP) is -2.14. The summed E-state index contributed by atoms with van der Waals surface area (Å²) in [5.41, 5.74) is 0. The molecule has 0 radical (unpaired) electrons. The molecule has 0 aliphatic carbocycles. The molecule has 0 heterocycles. The first-order valence-electron chi connectivity index (χ1n) is 1.44. The van der Waals surface area contributed by atoms with Crippen LogP contribution in [0.3, 0.4) is 0 Å². The van der Waals surface area contributed by atoms with Crippen LogP contribution in [0, 0.1) is 0 Å². The molecule has 0 atom stereocenters. The Bertz CT molecular complexity index is 83.0. The number of amides is 1. The zero-order chi connectivity index (χ0) is 5.86. The van der Waals surface area contributed by atoms with Crippen molar-refractivity contribution in [3.05, 3.63) is 0 Å². The summed E-state index contributed by atoms with van der Waals surface area (Å²) >= 11 is 6.99. The van der Waals surface area contributed by atoms with Crippen LogP contribution in [-0.4, -0.2) is 16.9 Å². The molecule has 0 saturated carbocycles. The number of nitrogens with zero attached hydrogens (tertiary/aromatic N) is 1. The van der Waals surface area contributed by atoms with Crippen molar-refractivity contribution >= 4 is 31.7 Å². The minimum absolute atomic E-state index is 0. The summed E-state index contributed by atoms with van der Waals surface area (Å²) in [5, 5.41) is 0. The van der Waals surface area contributed by atoms with E-state index in [1.807, 2.05) is 0 Å². The second kappa shape index (κ2) is 6.72. The van der Waals surface area contributed by atoms with Gasteiger partial charge in [-0.3, -0.25) is 0 Å². The smallest absolute Gasteiger partial charge is 1.00 e. The maximum atomic E-state index is 10.1. The van der Waals surface area contributed by atoms with Crippen LogP contribution in [0.1, 0.15) is 1.43 Å². The van der Waals surface area contributed by atoms with E-state index in [9.17, 15) is 4.79 Å². The van der Waals surface area contributed by atoms with Crippen LogP contribution >= 0.6 is 25.6 Å². The van der Waals surface area contributed by atoms with Gasteiger partial charge in [-0.05, 0) is 25.6 Å². The van der Waals surface area contributed by atoms with Gasteiger partial charge in [0.2, 0.25) is 0 Å². The molecule has 0 aromatic carbocycles. The zero-order valence-corrected chi connectivity index (χ0v) is 9.57. The van der Waals surface area contributed by atoms with Crippen molar-refractivity contribution in [2.75, 3.05) is 7.11 Å². The predicted molar refractivity (Wildman–Crippen MR) is 33.3 cm³/mol. The van der Waals surface area contributed by atoms with Crippen molar-refractivity contribution in [1.82, 2.24) is 3.71 Å². The SMILES string of the molecule is COC(=O)N(S)S.[H-].[K+]. The molecule has 8 heavy (non-hydrogen) atoms. The van der Waals surface area contributed by atoms with Crippen molar-refractivity contribution in [2.24, 2.45) is 0 Å². The number of carbonyl (C=O) groups excluding carboxylic acids is 1. The average Bonchev–Trinajstić information content (AvgIpc) is 1.65. The van der Waals surface area contributed by atoms with E-state index >= 15 is 0 Å². The van der Waals surface area contributed by atoms with Gasteiger partial charge in [-0.2, -0.15) is 3.71 Å². The Hall–Kier alpha value is 1.61. The summed E-state index contributed by atoms with van der Waals surface area (Å²) in [5.74, 6) is 0. The molecular weight excluding hydrogens is 173 g/mol. The van der Waals surface area contributed by atoms with Crippen molar-refractivity contribution < 1.29 is 62.3 Å². The maximum absolute atomic E-state index is 10.1. The van der Waals surface area contributed by atoms with Crippen LogP contribution in [0.5, 0.6) is 0 Å². The van der Waals surface area contributed by atoms with Crippen LogP contribution in [-0.2, 0) is 4.74 Å². The van der Waals surface area contributed by atoms with Gasteiger partial charge in [0.1, 0.15) is 0 Å². The standard InChI is InChI=1S/C2H5NO2S2.K.H/c1-5-2(4)3(6)7;;/h6-7H,1H3;;/q;+1;-1. The van der Waals surface area contributed by atoms with Crippen molar-refractivity contribution in [2.45, 2.75) is 0 Å². The average molecular weight is 179 g/mol. The molecule has 3 nitrogen and oxygen atoms in total. The second-order valence-electron chi connectivity index (χ2n) is 0.759. The second-order valence-corrected chi connectivity index (χ2v) is 1.88. The molecule has 0 saturated heterocycles. The minimum Gasteiger partial charge on any atom is -1.00 e. The first kappa shape index (κ1) is 12.3. The molecule has 1 amide bonds. The van der Waals surface area contributed by atoms with Crippen LogP contribution in [0.25, 0.3) is 0 Å². The molecule has 0 aliphatic rings. The number of ether oxygens (including phenoxy) is 1. The largest absolute Gasteiger partial charge is 1.00 e. The molecule has 0 bridgehead atoms. The fraction of sp³-hybridized carbons (Fsp3) is 0.500. The Labute approximate surface area is 103 Å². The summed E-state index contributed by atoms with van der Waals surface area (Å²) < 4.78 is 4.90. The van der Waals surface area contributed by atoms with E-state index in [4.69, 9.17) is 0 Å². The molecule has 44 valence electrons. The Morgan fingerprint density at radius 1 is 1.75 bits per heavy atom. The van der Waals surface area contributed by atoms with Crippen LogP contribution < -0.4 is 51.4 Å². The van der Waals surface area contributed by atoms with E-state index in [2.05, 4.69) is 30.4 Å². The molecule has 0 aromatic heterocycles. The van der Waals surface area contributed by atoms with Crippen molar-refractivity contribution in [3.8, 4) is 0 Å². The molecular formula is C2H6KNO2S2. The molecule has 0 fully saturated rings. The Morgan fingerprint density at radius 3 is 2.12 bits per heavy atom. The summed E-state index contributed by atoms with van der Waals surface area (Å²) in [4.78, 5) is 10.1. The van der Waals surface area contributed by atoms with Crippen molar-refractivity contribution in [3.63, 3.8) is 0 Å². The van der Waals surface area contributed by atoms with Gasteiger partial charge in [-0.25, -0.2) is 4.79 Å². The van der Waals surface area contributed by atoms with Gasteiger partial charge in [0, 0.05) is 0 Å². The Morgan fingerprint density at radius 2 is 2.12 bits per heavy atom. The molecule has 0 N–H and O–H groups in total. The van der Waals surface area contributed by atoms with E-state index in [1.165, 1.54) is 7.11 Å². The van der Waals surface area contributed by atoms with E-state index in [0.29, 0.717) is 0 Å². The number of methoxy groups -OCH3 is 1. The molecule has 0 spiro atoms. The number of thiol groups is 2. The maximum Gasteiger partial charge on any atom is 1.00 e. The van der Waals surface area contributed by atoms with Gasteiger partial charge < -0.3 is 6.16 Å². The number of carbonyl (C=O) groups is 1. The van der Waals surface area contributed by atoms with Gasteiger partial charge in [0.25, 0.3) is 0 Å². The molecule has 0 rings (SSSR count). The number of hydrogen-bond donors (Lipinski definition) is 2. The Balaban J connectivity index is -0.000000180. The molecule has 6 heteroatoms. The normalized spacial score (nSPS) is 6.88. The Kier molecular flexibility index (Phi) is 10.3. The first-order chi connectivity index (χ1) is 3.18. The number of hydrogen-bond acceptors (Lipinski definition) is 4. The fourth-order valence-electron chi connectivity index (χ4n) is 0.0816. The molecule has 0 aliphatic heterocycles. The van der Waals surface area contributed by atoms with Crippen LogP contribution in [0.2, 0.25) is 0 Å². The quantitative estimate of drug-likeness (QED) is 0.328. The third kappa shape index (κ3) is 5.74. The van der Waals surface area contributed by atoms with Crippen molar-refractivity contribution in [1.29, 1.82) is 0 Å². The summed E-state index contributed by atoms with van der Waals surface area (Å²) in [6, 6.07) is 0. The van der Waals surface area contributed by atoms with Gasteiger partial charge in [-0.15, -0.1) is 0 Å².